The first-order valence-electron chi connectivity index (χ1n) is 9.51. The molecule has 1 saturated heterocycles. The van der Waals surface area contributed by atoms with E-state index in [4.69, 9.17) is 13.0 Å². The van der Waals surface area contributed by atoms with Crippen molar-refractivity contribution in [3.05, 3.63) is 0 Å². The van der Waals surface area contributed by atoms with Crippen molar-refractivity contribution >= 4 is 10.1 Å². The summed E-state index contributed by atoms with van der Waals surface area (Å²) in [5.41, 5.74) is 0. The maximum atomic E-state index is 9.08. The normalized spacial score (nSPS) is 17.4. The molecule has 0 saturated carbocycles. The topological polar surface area (TPSA) is 57.2 Å². The van der Waals surface area contributed by atoms with E-state index in [2.05, 4.69) is 14.0 Å². The number of quaternary nitrogens is 1. The van der Waals surface area contributed by atoms with Gasteiger partial charge in [0, 0.05) is 6.26 Å². The second kappa shape index (κ2) is 13.2. The molecule has 0 atom stereocenters. The first kappa shape index (κ1) is 22.9. The molecular formula is C18H39NO3S. The third-order valence-electron chi connectivity index (χ3n) is 4.70. The molecule has 0 aromatic carbocycles. The van der Waals surface area contributed by atoms with Crippen LogP contribution in [0.25, 0.3) is 0 Å². The molecule has 23 heavy (non-hydrogen) atoms. The minimum Gasteiger partial charge on any atom is -0.748 e. The standard InChI is InChI=1S/C17H36N.CH4O3S/c1-3-4-5-6-7-8-9-10-12-15-18(2)16-13-11-14-17-18;1-5(2,3)4/h3-17H2,1-2H3;1H3,(H,2,3,4)/q+1;/p-1. The van der Waals surface area contributed by atoms with Crippen LogP contribution in [-0.4, -0.2) is 50.4 Å². The lowest BCUT2D eigenvalue weighted by atomic mass is 10.1. The predicted octanol–water partition coefficient (Wildman–Crippen LogP) is 4.31. The zero-order valence-electron chi connectivity index (χ0n) is 15.7. The van der Waals surface area contributed by atoms with Crippen LogP contribution in [0.15, 0.2) is 0 Å². The fourth-order valence-corrected chi connectivity index (χ4v) is 3.30. The Labute approximate surface area is 145 Å². The van der Waals surface area contributed by atoms with E-state index in [1.807, 2.05) is 0 Å². The Hall–Kier alpha value is -0.130. The lowest BCUT2D eigenvalue weighted by molar-refractivity contribution is -0.914. The van der Waals surface area contributed by atoms with Crippen molar-refractivity contribution in [1.82, 2.24) is 0 Å². The van der Waals surface area contributed by atoms with Crippen LogP contribution in [0, 0.1) is 0 Å². The quantitative estimate of drug-likeness (QED) is 0.335. The molecule has 0 aliphatic carbocycles. The van der Waals surface area contributed by atoms with Crippen LogP contribution in [0.2, 0.25) is 0 Å². The summed E-state index contributed by atoms with van der Waals surface area (Å²) in [7, 11) is -1.44. The SMILES string of the molecule is CCCCCCCCCCC[N+]1(C)CCCCC1.CS(=O)(=O)[O-]. The van der Waals surface area contributed by atoms with Gasteiger partial charge in [0.15, 0.2) is 0 Å². The predicted molar refractivity (Wildman–Crippen MR) is 97.5 cm³/mol. The third kappa shape index (κ3) is 18.1. The Morgan fingerprint density at radius 2 is 1.22 bits per heavy atom. The van der Waals surface area contributed by atoms with Crippen molar-refractivity contribution in [3.8, 4) is 0 Å². The van der Waals surface area contributed by atoms with Gasteiger partial charge in [-0.25, -0.2) is 8.42 Å². The molecule has 1 aliphatic heterocycles. The van der Waals surface area contributed by atoms with Crippen molar-refractivity contribution in [3.63, 3.8) is 0 Å². The molecule has 5 heteroatoms. The summed E-state index contributed by atoms with van der Waals surface area (Å²) in [5.74, 6) is 0. The average molecular weight is 350 g/mol. The van der Waals surface area contributed by atoms with Gasteiger partial charge in [0.2, 0.25) is 0 Å². The summed E-state index contributed by atoms with van der Waals surface area (Å²) in [6.45, 7) is 6.62. The minimum absolute atomic E-state index is 0.604. The van der Waals surface area contributed by atoms with E-state index in [1.165, 1.54) is 101 Å². The molecule has 0 aromatic heterocycles. The molecule has 0 radical (unpaired) electrons. The van der Waals surface area contributed by atoms with Crippen molar-refractivity contribution in [2.45, 2.75) is 84.0 Å². The molecule has 0 N–H and O–H groups in total. The molecule has 4 nitrogen and oxygen atoms in total. The van der Waals surface area contributed by atoms with Crippen molar-refractivity contribution in [2.24, 2.45) is 0 Å². The van der Waals surface area contributed by atoms with E-state index in [1.54, 1.807) is 0 Å². The highest BCUT2D eigenvalue weighted by Gasteiger charge is 2.23. The summed E-state index contributed by atoms with van der Waals surface area (Å²) < 4.78 is 28.6. The van der Waals surface area contributed by atoms with Gasteiger partial charge < -0.3 is 9.04 Å². The van der Waals surface area contributed by atoms with Gasteiger partial charge in [-0.3, -0.25) is 0 Å². The van der Waals surface area contributed by atoms with E-state index >= 15 is 0 Å². The third-order valence-corrected chi connectivity index (χ3v) is 4.70. The number of hydrogen-bond acceptors (Lipinski definition) is 3. The molecule has 0 amide bonds. The van der Waals surface area contributed by atoms with Crippen LogP contribution >= 0.6 is 0 Å². The molecule has 0 unspecified atom stereocenters. The molecule has 0 bridgehead atoms. The number of rotatable bonds is 10. The summed E-state index contributed by atoms with van der Waals surface area (Å²) in [4.78, 5) is 0. The first-order chi connectivity index (χ1) is 10.8. The molecule has 1 fully saturated rings. The molecule has 0 spiro atoms. The Bertz CT molecular complexity index is 354. The van der Waals surface area contributed by atoms with Crippen molar-refractivity contribution < 1.29 is 17.5 Å². The largest absolute Gasteiger partial charge is 0.748 e. The second-order valence-electron chi connectivity index (χ2n) is 7.38. The van der Waals surface area contributed by atoms with Gasteiger partial charge in [-0.2, -0.15) is 0 Å². The van der Waals surface area contributed by atoms with Gasteiger partial charge in [-0.05, 0) is 32.1 Å². The molecule has 1 heterocycles. The number of unbranched alkanes of at least 4 members (excludes halogenated alkanes) is 8. The van der Waals surface area contributed by atoms with Crippen LogP contribution in [0.4, 0.5) is 0 Å². The molecular weight excluding hydrogens is 310 g/mol. The maximum absolute atomic E-state index is 9.08. The number of likely N-dealkylation sites (tertiary alicyclic amines) is 1. The van der Waals surface area contributed by atoms with E-state index in [0.717, 1.165) is 0 Å². The lowest BCUT2D eigenvalue weighted by Gasteiger charge is -2.37. The van der Waals surface area contributed by atoms with E-state index in [9.17, 15) is 0 Å². The molecule has 140 valence electrons. The number of piperidine rings is 1. The van der Waals surface area contributed by atoms with Crippen molar-refractivity contribution in [2.75, 3.05) is 32.9 Å². The van der Waals surface area contributed by atoms with Gasteiger partial charge in [-0.1, -0.05) is 51.9 Å². The Balaban J connectivity index is 0.000000841. The lowest BCUT2D eigenvalue weighted by Crippen LogP contribution is -2.48. The summed E-state index contributed by atoms with van der Waals surface area (Å²) in [6, 6.07) is 0. The fourth-order valence-electron chi connectivity index (χ4n) is 3.30. The van der Waals surface area contributed by atoms with Crippen LogP contribution in [0.5, 0.6) is 0 Å². The average Bonchev–Trinajstić information content (AvgIpc) is 2.44. The number of hydrogen-bond donors (Lipinski definition) is 0. The van der Waals surface area contributed by atoms with Gasteiger partial charge >= 0.3 is 0 Å². The summed E-state index contributed by atoms with van der Waals surface area (Å²) >= 11 is 0. The Morgan fingerprint density at radius 3 is 1.65 bits per heavy atom. The van der Waals surface area contributed by atoms with Crippen LogP contribution in [0.1, 0.15) is 84.0 Å². The highest BCUT2D eigenvalue weighted by Crippen LogP contribution is 2.18. The zero-order valence-corrected chi connectivity index (χ0v) is 16.5. The van der Waals surface area contributed by atoms with E-state index < -0.39 is 10.1 Å². The smallest absolute Gasteiger partial charge is 0.0916 e. The zero-order chi connectivity index (χ0) is 17.6. The molecule has 0 aromatic rings. The summed E-state index contributed by atoms with van der Waals surface area (Å²) in [5, 5.41) is 0. The first-order valence-corrected chi connectivity index (χ1v) is 11.3. The van der Waals surface area contributed by atoms with Gasteiger partial charge in [0.25, 0.3) is 0 Å². The van der Waals surface area contributed by atoms with Crippen LogP contribution in [0.3, 0.4) is 0 Å². The molecule has 1 rings (SSSR count). The van der Waals surface area contributed by atoms with Gasteiger partial charge in [0.05, 0.1) is 36.8 Å². The minimum atomic E-state index is -3.92. The highest BCUT2D eigenvalue weighted by molar-refractivity contribution is 7.84. The summed E-state index contributed by atoms with van der Waals surface area (Å²) in [6.07, 6.45) is 18.1. The second-order valence-corrected chi connectivity index (χ2v) is 8.79. The van der Waals surface area contributed by atoms with Crippen LogP contribution < -0.4 is 0 Å². The highest BCUT2D eigenvalue weighted by atomic mass is 32.2. The monoisotopic (exact) mass is 349 g/mol. The van der Waals surface area contributed by atoms with E-state index in [0.29, 0.717) is 6.26 Å². The van der Waals surface area contributed by atoms with E-state index in [-0.39, 0.29) is 0 Å². The maximum Gasteiger partial charge on any atom is 0.0916 e. The fraction of sp³-hybridized carbons (Fsp3) is 1.00. The Morgan fingerprint density at radius 1 is 0.826 bits per heavy atom. The number of nitrogens with zero attached hydrogens (tertiary/aromatic N) is 1. The van der Waals surface area contributed by atoms with Gasteiger partial charge in [0.1, 0.15) is 0 Å². The Kier molecular flexibility index (Phi) is 13.1. The van der Waals surface area contributed by atoms with Crippen molar-refractivity contribution in [1.29, 1.82) is 0 Å². The molecule has 1 aliphatic rings. The van der Waals surface area contributed by atoms with Crippen LogP contribution in [-0.2, 0) is 10.1 Å². The van der Waals surface area contributed by atoms with Gasteiger partial charge in [-0.15, -0.1) is 0 Å².